The minimum absolute atomic E-state index is 0.0994. The predicted molar refractivity (Wildman–Crippen MR) is 434 cm³/mol. The number of anilines is 1. The van der Waals surface area contributed by atoms with Crippen LogP contribution in [-0.2, 0) is 0 Å². The van der Waals surface area contributed by atoms with Gasteiger partial charge in [-0.05, 0) is 199 Å². The summed E-state index contributed by atoms with van der Waals surface area (Å²) in [5.74, 6) is 6.94. The van der Waals surface area contributed by atoms with Gasteiger partial charge in [-0.2, -0.15) is 0 Å². The Bertz CT molecular complexity index is 5590. The van der Waals surface area contributed by atoms with Gasteiger partial charge in [0.25, 0.3) is 22.2 Å². The average Bonchev–Trinajstić information content (AvgIpc) is 1.51. The summed E-state index contributed by atoms with van der Waals surface area (Å²) in [5, 5.41) is 9.99. The molecule has 28 nitrogen and oxygen atoms in total. The lowest BCUT2D eigenvalue weighted by atomic mass is 10.1. The van der Waals surface area contributed by atoms with Crippen LogP contribution in [0.5, 0.6) is 63.2 Å². The fourth-order valence-electron chi connectivity index (χ4n) is 14.0. The minimum Gasteiger partial charge on any atom is -0.493 e. The van der Waals surface area contributed by atoms with Gasteiger partial charge in [0.05, 0.1) is 104 Å². The van der Waals surface area contributed by atoms with Crippen LogP contribution in [0.2, 0.25) is 0 Å². The zero-order valence-corrected chi connectivity index (χ0v) is 65.2. The third-order valence-electron chi connectivity index (χ3n) is 20.1. The molecule has 4 saturated heterocycles. The van der Waals surface area contributed by atoms with Gasteiger partial charge in [-0.15, -0.1) is 0 Å². The van der Waals surface area contributed by atoms with Crippen LogP contribution in [0, 0.1) is 6.92 Å². The van der Waals surface area contributed by atoms with E-state index in [4.69, 9.17) is 57.1 Å². The van der Waals surface area contributed by atoms with Crippen molar-refractivity contribution in [1.82, 2.24) is 58.4 Å². The second kappa shape index (κ2) is 36.7. The largest absolute Gasteiger partial charge is 0.493 e. The topological polar surface area (TPSA) is 282 Å². The molecule has 28 heteroatoms. The third kappa shape index (κ3) is 18.9. The standard InChI is InChI=1S/C22H26N4O3.C22H25N3O4.C21H23N3O4.C20H21N3O4/c1-15-11-17(25-9-4-7-23-8-10-25)14-26-21(27)13-18(24-22(15)26)16-5-6-19(28-2)20(12-16)29-3;1-24-10-8-16(9-11-24)29-17-5-7-21-23-18(13-22(26)25(21)14-17)15-4-6-19(27-2)20(12-15)28-3;1-26-18-5-3-14(11-19(18)27-2)17-12-21(25)24-13-16(4-6-20(24)23-17)28-15-7-9-22-10-8-15;1-25-17-5-3-13(9-18(17)26-2)16-10-20(24)23-12-15(4-6-19(23)22-16)27-14-7-8-21-11-14/h5-6,11-14,23H,4,7-10H2,1-3H3;4-7,12-14,16H,8-11H2,1-3H3;3-6,11-13,15,22H,7-10H2,1-2H3;3-6,9-10,12,14,21H,7-8,11H2,1-2H3/t;;;14-/m...0/s1. The van der Waals surface area contributed by atoms with Crippen molar-refractivity contribution in [2.45, 2.75) is 63.8 Å². The molecule has 0 unspecified atom stereocenters. The molecule has 1 atom stereocenters. The Morgan fingerprint density at radius 1 is 0.345 bits per heavy atom. The number of benzene rings is 4. The molecule has 4 aliphatic rings. The van der Waals surface area contributed by atoms with Crippen LogP contribution in [0.3, 0.4) is 0 Å². The number of nitrogens with one attached hydrogen (secondary N) is 3. The molecule has 0 radical (unpaired) electrons. The number of methoxy groups -OCH3 is 8. The van der Waals surface area contributed by atoms with E-state index in [0.717, 1.165) is 137 Å². The van der Waals surface area contributed by atoms with Crippen LogP contribution in [0.15, 0.2) is 183 Å². The van der Waals surface area contributed by atoms with Crippen LogP contribution >= 0.6 is 0 Å². The number of likely N-dealkylation sites (tertiary alicyclic amines) is 1. The van der Waals surface area contributed by atoms with Crippen molar-refractivity contribution in [3.05, 3.63) is 211 Å². The lowest BCUT2D eigenvalue weighted by Crippen LogP contribution is -2.35. The Hall–Kier alpha value is -12.2. The summed E-state index contributed by atoms with van der Waals surface area (Å²) in [4.78, 5) is 74.3. The number of aryl methyl sites for hydroxylation is 1. The van der Waals surface area contributed by atoms with Crippen molar-refractivity contribution in [2.75, 3.05) is 134 Å². The fourth-order valence-corrected chi connectivity index (χ4v) is 14.0. The molecular formula is C85H95N13O15. The summed E-state index contributed by atoms with van der Waals surface area (Å²) in [6.45, 7) is 11.6. The van der Waals surface area contributed by atoms with E-state index in [9.17, 15) is 19.2 Å². The number of hydrogen-bond acceptors (Lipinski definition) is 24. The molecule has 4 fully saturated rings. The number of nitrogens with zero attached hydrogens (tertiary/aromatic N) is 10. The smallest absolute Gasteiger partial charge is 0.258 e. The summed E-state index contributed by atoms with van der Waals surface area (Å²) in [6, 6.07) is 41.2. The summed E-state index contributed by atoms with van der Waals surface area (Å²) >= 11 is 0. The van der Waals surface area contributed by atoms with Gasteiger partial charge in [0, 0.05) is 92.0 Å². The average molecular weight is 1540 g/mol. The first kappa shape index (κ1) is 78.9. The van der Waals surface area contributed by atoms with E-state index in [1.807, 2.05) is 98.0 Å². The number of fused-ring (bicyclic) bond motifs is 4. The Kier molecular flexibility index (Phi) is 25.6. The normalized spacial score (nSPS) is 15.3. The molecule has 16 rings (SSSR count). The monoisotopic (exact) mass is 1540 g/mol. The van der Waals surface area contributed by atoms with E-state index in [0.29, 0.717) is 109 Å². The van der Waals surface area contributed by atoms with E-state index in [2.05, 4.69) is 53.8 Å². The zero-order chi connectivity index (χ0) is 79.1. The maximum absolute atomic E-state index is 12.9. The molecule has 590 valence electrons. The van der Waals surface area contributed by atoms with Crippen molar-refractivity contribution >= 4 is 28.3 Å². The summed E-state index contributed by atoms with van der Waals surface area (Å²) in [5.41, 5.74) is 9.32. The first-order chi connectivity index (χ1) is 55.0. The minimum atomic E-state index is -0.167. The molecule has 8 aromatic heterocycles. The van der Waals surface area contributed by atoms with E-state index in [-0.39, 0.29) is 40.5 Å². The van der Waals surface area contributed by atoms with Gasteiger partial charge in [0.1, 0.15) is 58.1 Å². The number of rotatable bonds is 19. The SMILES string of the molecule is COc1ccc(-c2cc(=O)n3cc(N4CCCNCC4)cc(C)c3n2)cc1OC.COc1ccc(-c2cc(=O)n3cc(OC4CCN(C)CC4)ccc3n2)cc1OC.COc1ccc(-c2cc(=O)n3cc(OC4CCNCC4)ccc3n2)cc1OC.COc1ccc(-c2cc(=O)n3cc(O[C@H]4CCNC4)ccc3n2)cc1OC. The highest BCUT2D eigenvalue weighted by molar-refractivity contribution is 5.70. The molecule has 0 spiro atoms. The van der Waals surface area contributed by atoms with Crippen LogP contribution in [0.25, 0.3) is 67.6 Å². The Morgan fingerprint density at radius 3 is 1.11 bits per heavy atom. The first-order valence-electron chi connectivity index (χ1n) is 37.6. The van der Waals surface area contributed by atoms with E-state index < -0.39 is 0 Å². The Morgan fingerprint density at radius 2 is 0.708 bits per heavy atom. The highest BCUT2D eigenvalue weighted by Gasteiger charge is 2.23. The first-order valence-corrected chi connectivity index (χ1v) is 37.6. The number of aromatic nitrogens is 8. The second-order valence-electron chi connectivity index (χ2n) is 27.6. The van der Waals surface area contributed by atoms with Gasteiger partial charge < -0.3 is 77.9 Å². The number of pyridine rings is 4. The van der Waals surface area contributed by atoms with Gasteiger partial charge in [-0.1, -0.05) is 0 Å². The molecule has 0 amide bonds. The molecule has 4 aromatic carbocycles. The summed E-state index contributed by atoms with van der Waals surface area (Å²) in [7, 11) is 14.8. The van der Waals surface area contributed by atoms with Gasteiger partial charge in [0.15, 0.2) is 46.0 Å². The lowest BCUT2D eigenvalue weighted by Gasteiger charge is -2.29. The van der Waals surface area contributed by atoms with Gasteiger partial charge in [-0.25, -0.2) is 19.9 Å². The van der Waals surface area contributed by atoms with Gasteiger partial charge in [-0.3, -0.25) is 36.8 Å². The van der Waals surface area contributed by atoms with Crippen molar-refractivity contribution < 1.29 is 52.1 Å². The summed E-state index contributed by atoms with van der Waals surface area (Å²) < 4.78 is 66.8. The maximum atomic E-state index is 12.9. The highest BCUT2D eigenvalue weighted by Crippen LogP contribution is 2.36. The van der Waals surface area contributed by atoms with Crippen LogP contribution < -0.4 is 95.2 Å². The molecule has 12 aromatic rings. The number of hydrogen-bond donors (Lipinski definition) is 3. The molecule has 4 aliphatic heterocycles. The van der Waals surface area contributed by atoms with E-state index in [1.54, 1.807) is 110 Å². The number of ether oxygens (including phenoxy) is 11. The van der Waals surface area contributed by atoms with Gasteiger partial charge >= 0.3 is 0 Å². The predicted octanol–water partition coefficient (Wildman–Crippen LogP) is 9.97. The molecule has 12 heterocycles. The van der Waals surface area contributed by atoms with Crippen LogP contribution in [0.4, 0.5) is 5.69 Å². The van der Waals surface area contributed by atoms with Crippen LogP contribution in [0.1, 0.15) is 44.1 Å². The van der Waals surface area contributed by atoms with Gasteiger partial charge in [0.2, 0.25) is 0 Å². The molecular weight excluding hydrogens is 1440 g/mol. The van der Waals surface area contributed by atoms with Crippen molar-refractivity contribution in [3.8, 4) is 108 Å². The maximum Gasteiger partial charge on any atom is 0.258 e. The highest BCUT2D eigenvalue weighted by atomic mass is 16.5. The van der Waals surface area contributed by atoms with Crippen molar-refractivity contribution in [3.63, 3.8) is 0 Å². The van der Waals surface area contributed by atoms with E-state index >= 15 is 0 Å². The molecule has 3 N–H and O–H groups in total. The Labute approximate surface area is 653 Å². The molecule has 0 aliphatic carbocycles. The quantitative estimate of drug-likeness (QED) is 0.0678. The van der Waals surface area contributed by atoms with E-state index in [1.165, 1.54) is 31.4 Å². The molecule has 113 heavy (non-hydrogen) atoms. The fraction of sp³-hybridized carbons (Fsp3) is 0.341. The molecule has 0 saturated carbocycles. The van der Waals surface area contributed by atoms with Crippen molar-refractivity contribution in [2.24, 2.45) is 0 Å². The number of piperidine rings is 2. The zero-order valence-electron chi connectivity index (χ0n) is 65.2. The Balaban J connectivity index is 0.000000132. The lowest BCUT2D eigenvalue weighted by molar-refractivity contribution is 0.114. The summed E-state index contributed by atoms with van der Waals surface area (Å²) in [6.07, 6.45) is 13.5. The molecule has 0 bridgehead atoms. The van der Waals surface area contributed by atoms with Crippen LogP contribution in [-0.4, -0.2) is 190 Å². The van der Waals surface area contributed by atoms with Crippen molar-refractivity contribution in [1.29, 1.82) is 0 Å². The second-order valence-corrected chi connectivity index (χ2v) is 27.6. The third-order valence-corrected chi connectivity index (χ3v) is 20.1.